The van der Waals surface area contributed by atoms with Crippen molar-refractivity contribution in [2.24, 2.45) is 0 Å². The molecule has 3 rings (SSSR count). The van der Waals surface area contributed by atoms with Crippen molar-refractivity contribution in [3.63, 3.8) is 0 Å². The molecule has 2 aromatic rings. The monoisotopic (exact) mass is 306 g/mol. The van der Waals surface area contributed by atoms with E-state index in [1.54, 1.807) is 0 Å². The van der Waals surface area contributed by atoms with E-state index in [9.17, 15) is 30.6 Å². The molecule has 2 aromatic carbocycles. The van der Waals surface area contributed by atoms with E-state index in [4.69, 9.17) is 4.74 Å². The summed E-state index contributed by atoms with van der Waals surface area (Å²) in [6, 6.07) is 4.45. The van der Waals surface area contributed by atoms with E-state index in [0.717, 1.165) is 18.2 Å². The smallest absolute Gasteiger partial charge is 0.161 e. The van der Waals surface area contributed by atoms with Gasteiger partial charge >= 0.3 is 0 Å². The van der Waals surface area contributed by atoms with E-state index in [0.29, 0.717) is 5.56 Å². The molecule has 0 fully saturated rings. The average Bonchev–Trinajstić information content (AvgIpc) is 2.43. The summed E-state index contributed by atoms with van der Waals surface area (Å²) in [6.07, 6.45) is -2.09. The molecule has 2 unspecified atom stereocenters. The van der Waals surface area contributed by atoms with Gasteiger partial charge < -0.3 is 35.4 Å². The second-order valence-electron chi connectivity index (χ2n) is 5.15. The molecule has 0 aromatic heterocycles. The van der Waals surface area contributed by atoms with Crippen molar-refractivity contribution in [2.45, 2.75) is 18.6 Å². The third-order valence-corrected chi connectivity index (χ3v) is 3.62. The van der Waals surface area contributed by atoms with Crippen LogP contribution in [0.3, 0.4) is 0 Å². The topological polar surface area (TPSA) is 131 Å². The Hall–Kier alpha value is -2.80. The molecule has 2 atom stereocenters. The molecule has 1 aliphatic heterocycles. The zero-order valence-corrected chi connectivity index (χ0v) is 11.3. The number of ether oxygens (including phenoxy) is 1. The Balaban J connectivity index is 2.05. The number of rotatable bonds is 1. The standard InChI is InChI=1S/C15H14O7/c16-6-1-9(17)7-3-13(21)15(22-14(7)2-6)8-4-11(19)12(20)5-10(8)18/h1-2,4-5,13,15-21H,3H2. The number of hydrogen-bond donors (Lipinski definition) is 6. The zero-order valence-electron chi connectivity index (χ0n) is 11.3. The summed E-state index contributed by atoms with van der Waals surface area (Å²) < 4.78 is 5.54. The fourth-order valence-electron chi connectivity index (χ4n) is 2.54. The number of hydrogen-bond acceptors (Lipinski definition) is 7. The third-order valence-electron chi connectivity index (χ3n) is 3.62. The lowest BCUT2D eigenvalue weighted by Crippen LogP contribution is -2.30. The van der Waals surface area contributed by atoms with E-state index < -0.39 is 23.7 Å². The predicted molar refractivity (Wildman–Crippen MR) is 74.3 cm³/mol. The maximum atomic E-state index is 10.2. The van der Waals surface area contributed by atoms with Crippen molar-refractivity contribution in [1.82, 2.24) is 0 Å². The Bertz CT molecular complexity index is 741. The summed E-state index contributed by atoms with van der Waals surface area (Å²) in [5, 5.41) is 58.2. The maximum Gasteiger partial charge on any atom is 0.161 e. The highest BCUT2D eigenvalue weighted by atomic mass is 16.5. The van der Waals surface area contributed by atoms with Crippen LogP contribution in [0.25, 0.3) is 0 Å². The van der Waals surface area contributed by atoms with Crippen LogP contribution >= 0.6 is 0 Å². The first-order chi connectivity index (χ1) is 10.4. The largest absolute Gasteiger partial charge is 0.508 e. The summed E-state index contributed by atoms with van der Waals surface area (Å²) in [6.45, 7) is 0. The quantitative estimate of drug-likeness (QED) is 0.345. The fraction of sp³-hybridized carbons (Fsp3) is 0.200. The van der Waals surface area contributed by atoms with Crippen molar-refractivity contribution >= 4 is 0 Å². The lowest BCUT2D eigenvalue weighted by molar-refractivity contribution is 0.0184. The molecule has 0 amide bonds. The predicted octanol–water partition coefficient (Wildman–Crippen LogP) is 1.25. The van der Waals surface area contributed by atoms with Gasteiger partial charge in [-0.25, -0.2) is 0 Å². The van der Waals surface area contributed by atoms with Gasteiger partial charge in [0.05, 0.1) is 6.10 Å². The fourth-order valence-corrected chi connectivity index (χ4v) is 2.54. The van der Waals surface area contributed by atoms with Gasteiger partial charge in [0.25, 0.3) is 0 Å². The van der Waals surface area contributed by atoms with E-state index in [-0.39, 0.29) is 35.0 Å². The van der Waals surface area contributed by atoms with E-state index in [1.807, 2.05) is 0 Å². The van der Waals surface area contributed by atoms with E-state index in [2.05, 4.69) is 0 Å². The molecule has 1 heterocycles. The highest BCUT2D eigenvalue weighted by molar-refractivity contribution is 5.54. The van der Waals surface area contributed by atoms with Gasteiger partial charge in [0.1, 0.15) is 23.0 Å². The van der Waals surface area contributed by atoms with Crippen molar-refractivity contribution in [1.29, 1.82) is 0 Å². The third kappa shape index (κ3) is 2.21. The number of fused-ring (bicyclic) bond motifs is 1. The highest BCUT2D eigenvalue weighted by Crippen LogP contribution is 2.45. The van der Waals surface area contributed by atoms with Gasteiger partial charge in [-0.2, -0.15) is 0 Å². The Kier molecular flexibility index (Phi) is 3.14. The van der Waals surface area contributed by atoms with Crippen LogP contribution in [0.4, 0.5) is 0 Å². The molecule has 22 heavy (non-hydrogen) atoms. The van der Waals surface area contributed by atoms with Gasteiger partial charge in [-0.15, -0.1) is 0 Å². The Morgan fingerprint density at radius 2 is 1.50 bits per heavy atom. The lowest BCUT2D eigenvalue weighted by Gasteiger charge is -2.31. The van der Waals surface area contributed by atoms with Gasteiger partial charge in [0.2, 0.25) is 0 Å². The molecule has 0 saturated heterocycles. The number of benzene rings is 2. The molecule has 1 aliphatic rings. The van der Waals surface area contributed by atoms with Crippen molar-refractivity contribution in [2.75, 3.05) is 0 Å². The molecule has 116 valence electrons. The normalized spacial score (nSPS) is 20.2. The first kappa shape index (κ1) is 14.2. The minimum absolute atomic E-state index is 0.0349. The van der Waals surface area contributed by atoms with Crippen LogP contribution in [0, 0.1) is 0 Å². The highest BCUT2D eigenvalue weighted by Gasteiger charge is 2.34. The number of aliphatic hydroxyl groups excluding tert-OH is 1. The Labute approximate surface area is 124 Å². The van der Waals surface area contributed by atoms with E-state index in [1.165, 1.54) is 6.07 Å². The summed E-state index contributed by atoms with van der Waals surface area (Å²) in [7, 11) is 0. The molecule has 7 nitrogen and oxygen atoms in total. The molecule has 0 bridgehead atoms. The van der Waals surface area contributed by atoms with Crippen molar-refractivity contribution < 1.29 is 35.4 Å². The number of phenols is 5. The molecule has 0 spiro atoms. The Morgan fingerprint density at radius 1 is 0.818 bits per heavy atom. The molecule has 0 saturated carbocycles. The molecule has 0 aliphatic carbocycles. The van der Waals surface area contributed by atoms with Crippen LogP contribution in [0.5, 0.6) is 34.5 Å². The number of phenolic OH excluding ortho intramolecular Hbond substituents is 5. The minimum Gasteiger partial charge on any atom is -0.508 e. The van der Waals surface area contributed by atoms with Crippen molar-refractivity contribution in [3.05, 3.63) is 35.4 Å². The van der Waals surface area contributed by atoms with Gasteiger partial charge in [-0.05, 0) is 6.07 Å². The molecule has 0 radical (unpaired) electrons. The van der Waals surface area contributed by atoms with Crippen LogP contribution in [0.1, 0.15) is 17.2 Å². The van der Waals surface area contributed by atoms with E-state index >= 15 is 0 Å². The summed E-state index contributed by atoms with van der Waals surface area (Å²) in [5.41, 5.74) is 0.417. The maximum absolute atomic E-state index is 10.2. The van der Waals surface area contributed by atoms with Gasteiger partial charge in [0, 0.05) is 35.7 Å². The molecular formula is C15H14O7. The van der Waals surface area contributed by atoms with Crippen LogP contribution in [0.2, 0.25) is 0 Å². The van der Waals surface area contributed by atoms with Crippen LogP contribution < -0.4 is 4.74 Å². The number of aliphatic hydroxyl groups is 1. The van der Waals surface area contributed by atoms with Gasteiger partial charge in [0.15, 0.2) is 17.6 Å². The first-order valence-electron chi connectivity index (χ1n) is 6.51. The Morgan fingerprint density at radius 3 is 2.23 bits per heavy atom. The van der Waals surface area contributed by atoms with Crippen LogP contribution in [-0.2, 0) is 6.42 Å². The molecule has 7 heteroatoms. The zero-order chi connectivity index (χ0) is 16.0. The first-order valence-corrected chi connectivity index (χ1v) is 6.51. The molecular weight excluding hydrogens is 292 g/mol. The molecule has 6 N–H and O–H groups in total. The summed E-state index contributed by atoms with van der Waals surface area (Å²) in [5.74, 6) is -1.56. The lowest BCUT2D eigenvalue weighted by atomic mass is 9.93. The van der Waals surface area contributed by atoms with Gasteiger partial charge in [-0.1, -0.05) is 0 Å². The van der Waals surface area contributed by atoms with Gasteiger partial charge in [-0.3, -0.25) is 0 Å². The number of aromatic hydroxyl groups is 5. The summed E-state index contributed by atoms with van der Waals surface area (Å²) in [4.78, 5) is 0. The average molecular weight is 306 g/mol. The SMILES string of the molecule is Oc1cc(O)c2c(c1)OC(c1cc(O)c(O)cc1O)C(O)C2. The van der Waals surface area contributed by atoms with Crippen molar-refractivity contribution in [3.8, 4) is 34.5 Å². The second-order valence-corrected chi connectivity index (χ2v) is 5.15. The van der Waals surface area contributed by atoms with Crippen LogP contribution in [0.15, 0.2) is 24.3 Å². The summed E-state index contributed by atoms with van der Waals surface area (Å²) >= 11 is 0. The second kappa shape index (κ2) is 4.88. The minimum atomic E-state index is -1.10. The van der Waals surface area contributed by atoms with Crippen LogP contribution in [-0.4, -0.2) is 36.7 Å².